The van der Waals surface area contributed by atoms with Crippen LogP contribution < -0.4 is 14.2 Å². The number of carbonyl (C=O) groups is 3. The van der Waals surface area contributed by atoms with Crippen LogP contribution in [0.1, 0.15) is 65.8 Å². The van der Waals surface area contributed by atoms with Gasteiger partial charge >= 0.3 is 6.09 Å². The van der Waals surface area contributed by atoms with Crippen LogP contribution in [-0.2, 0) is 9.53 Å². The molecule has 2 aliphatic heterocycles. The van der Waals surface area contributed by atoms with Crippen LogP contribution >= 0.6 is 0 Å². The van der Waals surface area contributed by atoms with Crippen LogP contribution in [0.3, 0.4) is 0 Å². The number of hydrogen-bond acceptors (Lipinski definition) is 7. The number of hydrogen-bond donors (Lipinski definition) is 0. The highest BCUT2D eigenvalue weighted by atomic mass is 16.6. The number of fused-ring (bicyclic) bond motifs is 6. The quantitative estimate of drug-likeness (QED) is 0.362. The Morgan fingerprint density at radius 2 is 1.51 bits per heavy atom. The highest BCUT2D eigenvalue weighted by Gasteiger charge is 2.58. The minimum Gasteiger partial charge on any atom is -0.493 e. The number of Topliss-reactive ketones (excluding diaryl/α,β-unsaturated/α-hetero) is 1. The van der Waals surface area contributed by atoms with Crippen molar-refractivity contribution in [3.8, 4) is 17.2 Å². The van der Waals surface area contributed by atoms with Gasteiger partial charge in [-0.05, 0) is 34.7 Å². The number of carbonyl (C=O) groups excluding carboxylic acids is 3. The second-order valence-electron chi connectivity index (χ2n) is 11.8. The number of imide groups is 1. The Morgan fingerprint density at radius 3 is 2.17 bits per heavy atom. The first-order valence-corrected chi connectivity index (χ1v) is 13.8. The van der Waals surface area contributed by atoms with Gasteiger partial charge in [0.05, 0.1) is 32.1 Å². The van der Waals surface area contributed by atoms with E-state index in [-0.39, 0.29) is 12.4 Å². The van der Waals surface area contributed by atoms with Gasteiger partial charge in [-0.1, -0.05) is 69.3 Å². The summed E-state index contributed by atoms with van der Waals surface area (Å²) in [6.07, 6.45) is -1.45. The first-order chi connectivity index (χ1) is 19.7. The SMILES string of the molecule is COc1cc2c(cc1OC)[C@@H](C(=O)c1ccccc1)[C@@H]1c3ccccc3O[C@H]2[C@@H]1C(=O)N1C(=O)OCC1C(C)(C)C. The van der Waals surface area contributed by atoms with Gasteiger partial charge in [-0.15, -0.1) is 0 Å². The summed E-state index contributed by atoms with van der Waals surface area (Å²) in [7, 11) is 3.09. The molecular formula is C33H33NO7. The molecule has 1 saturated heterocycles. The van der Waals surface area contributed by atoms with Gasteiger partial charge in [-0.3, -0.25) is 9.59 Å². The van der Waals surface area contributed by atoms with E-state index in [9.17, 15) is 14.4 Å². The van der Waals surface area contributed by atoms with Gasteiger partial charge < -0.3 is 18.9 Å². The van der Waals surface area contributed by atoms with Crippen molar-refractivity contribution >= 4 is 17.8 Å². The van der Waals surface area contributed by atoms with E-state index in [1.165, 1.54) is 12.0 Å². The first-order valence-electron chi connectivity index (χ1n) is 13.8. The maximum atomic E-state index is 14.7. The molecule has 5 atom stereocenters. The topological polar surface area (TPSA) is 91.4 Å². The average Bonchev–Trinajstić information content (AvgIpc) is 3.38. The first kappa shape index (κ1) is 26.9. The molecule has 2 bridgehead atoms. The molecule has 2 heterocycles. The Morgan fingerprint density at radius 1 is 0.878 bits per heavy atom. The van der Waals surface area contributed by atoms with E-state index < -0.39 is 47.3 Å². The number of rotatable bonds is 5. The molecule has 1 aliphatic carbocycles. The number of benzene rings is 3. The maximum Gasteiger partial charge on any atom is 0.417 e. The number of methoxy groups -OCH3 is 2. The molecule has 212 valence electrons. The fourth-order valence-corrected chi connectivity index (χ4v) is 6.55. The summed E-state index contributed by atoms with van der Waals surface area (Å²) < 4.78 is 23.3. The summed E-state index contributed by atoms with van der Waals surface area (Å²) >= 11 is 0. The molecule has 8 heteroatoms. The lowest BCUT2D eigenvalue weighted by atomic mass is 9.61. The molecule has 0 radical (unpaired) electrons. The Bertz CT molecular complexity index is 1530. The maximum absolute atomic E-state index is 14.7. The van der Waals surface area contributed by atoms with Gasteiger partial charge in [-0.25, -0.2) is 9.69 Å². The van der Waals surface area contributed by atoms with E-state index in [2.05, 4.69) is 0 Å². The second-order valence-corrected chi connectivity index (χ2v) is 11.8. The minimum atomic E-state index is -0.872. The average molecular weight is 556 g/mol. The lowest BCUT2D eigenvalue weighted by molar-refractivity contribution is -0.141. The number of ether oxygens (including phenoxy) is 4. The van der Waals surface area contributed by atoms with Crippen molar-refractivity contribution in [1.29, 1.82) is 0 Å². The molecular weight excluding hydrogens is 522 g/mol. The van der Waals surface area contributed by atoms with Crippen LogP contribution in [0.5, 0.6) is 17.2 Å². The Kier molecular flexibility index (Phi) is 6.52. The van der Waals surface area contributed by atoms with Gasteiger partial charge in [0, 0.05) is 17.0 Å². The Hall–Kier alpha value is -4.33. The van der Waals surface area contributed by atoms with Crippen LogP contribution in [0.15, 0.2) is 66.7 Å². The molecule has 0 N–H and O–H groups in total. The van der Waals surface area contributed by atoms with Crippen molar-refractivity contribution in [2.45, 2.75) is 44.8 Å². The third kappa shape index (κ3) is 4.24. The molecule has 6 rings (SSSR count). The van der Waals surface area contributed by atoms with Crippen LogP contribution in [0.25, 0.3) is 0 Å². The highest BCUT2D eigenvalue weighted by molar-refractivity contribution is 6.04. The second kappa shape index (κ2) is 9.94. The van der Waals surface area contributed by atoms with E-state index in [1.54, 1.807) is 25.3 Å². The monoisotopic (exact) mass is 555 g/mol. The summed E-state index contributed by atoms with van der Waals surface area (Å²) in [5.74, 6) is -1.24. The highest BCUT2D eigenvalue weighted by Crippen LogP contribution is 2.60. The summed E-state index contributed by atoms with van der Waals surface area (Å²) in [4.78, 5) is 43.5. The van der Waals surface area contributed by atoms with E-state index in [0.29, 0.717) is 33.9 Å². The summed E-state index contributed by atoms with van der Waals surface area (Å²) in [5, 5.41) is 0. The van der Waals surface area contributed by atoms with Gasteiger partial charge in [-0.2, -0.15) is 0 Å². The van der Waals surface area contributed by atoms with Gasteiger partial charge in [0.25, 0.3) is 0 Å². The molecule has 1 fully saturated rings. The van der Waals surface area contributed by atoms with E-state index >= 15 is 0 Å². The number of nitrogens with zero attached hydrogens (tertiary/aromatic N) is 1. The van der Waals surface area contributed by atoms with E-state index in [4.69, 9.17) is 18.9 Å². The third-order valence-corrected chi connectivity index (χ3v) is 8.57. The molecule has 2 amide bonds. The number of cyclic esters (lactones) is 1. The summed E-state index contributed by atoms with van der Waals surface area (Å²) in [5.41, 5.74) is 2.22. The van der Waals surface area contributed by atoms with Crippen molar-refractivity contribution in [2.24, 2.45) is 11.3 Å². The molecule has 0 aromatic heterocycles. The zero-order chi connectivity index (χ0) is 29.1. The summed E-state index contributed by atoms with van der Waals surface area (Å²) in [6.45, 7) is 6.03. The predicted octanol–water partition coefficient (Wildman–Crippen LogP) is 5.91. The minimum absolute atomic E-state index is 0.113. The molecule has 41 heavy (non-hydrogen) atoms. The molecule has 0 saturated carbocycles. The van der Waals surface area contributed by atoms with Crippen LogP contribution in [-0.4, -0.2) is 49.6 Å². The normalized spacial score (nSPS) is 24.5. The number of amides is 2. The van der Waals surface area contributed by atoms with Crippen molar-refractivity contribution in [3.63, 3.8) is 0 Å². The molecule has 1 unspecified atom stereocenters. The zero-order valence-corrected chi connectivity index (χ0v) is 23.7. The van der Waals surface area contributed by atoms with Crippen molar-refractivity contribution in [1.82, 2.24) is 4.90 Å². The molecule has 3 aromatic rings. The van der Waals surface area contributed by atoms with Gasteiger partial charge in [0.2, 0.25) is 5.91 Å². The summed E-state index contributed by atoms with van der Waals surface area (Å²) in [6, 6.07) is 19.7. The van der Waals surface area contributed by atoms with Crippen molar-refractivity contribution < 1.29 is 33.3 Å². The van der Waals surface area contributed by atoms with Crippen LogP contribution in [0, 0.1) is 11.3 Å². The molecule has 3 aromatic carbocycles. The van der Waals surface area contributed by atoms with Crippen molar-refractivity contribution in [3.05, 3.63) is 89.0 Å². The van der Waals surface area contributed by atoms with Crippen LogP contribution in [0.2, 0.25) is 0 Å². The van der Waals surface area contributed by atoms with Crippen LogP contribution in [0.4, 0.5) is 4.79 Å². The fraction of sp³-hybridized carbons (Fsp3) is 0.364. The fourth-order valence-electron chi connectivity index (χ4n) is 6.55. The predicted molar refractivity (Wildman–Crippen MR) is 151 cm³/mol. The zero-order valence-electron chi connectivity index (χ0n) is 23.7. The number of ketones is 1. The molecule has 8 nitrogen and oxygen atoms in total. The smallest absolute Gasteiger partial charge is 0.417 e. The Labute approximate surface area is 239 Å². The van der Waals surface area contributed by atoms with Gasteiger partial charge in [0.1, 0.15) is 18.5 Å². The lowest BCUT2D eigenvalue weighted by Crippen LogP contribution is -2.53. The van der Waals surface area contributed by atoms with E-state index in [0.717, 1.165) is 5.56 Å². The molecule has 3 aliphatic rings. The lowest BCUT2D eigenvalue weighted by Gasteiger charge is -2.48. The number of para-hydroxylation sites is 1. The van der Waals surface area contributed by atoms with Crippen molar-refractivity contribution in [2.75, 3.05) is 20.8 Å². The largest absolute Gasteiger partial charge is 0.493 e. The van der Waals surface area contributed by atoms with E-state index in [1.807, 2.05) is 69.3 Å². The van der Waals surface area contributed by atoms with Gasteiger partial charge in [0.15, 0.2) is 17.3 Å². The molecule has 0 spiro atoms. The standard InChI is InChI=1S/C33H33NO7/c1-33(2,3)25-17-40-32(37)34(25)31(36)28-26-19-13-9-10-14-22(19)41-30(28)21-16-24(39-5)23(38-4)15-20(21)27(26)29(35)18-11-7-6-8-12-18/h6-16,25-28,30H,17H2,1-5H3/t25?,26-,27+,28+,30+/m0/s1. The third-order valence-electron chi connectivity index (χ3n) is 8.57. The Balaban J connectivity index is 1.60.